The van der Waals surface area contributed by atoms with Crippen LogP contribution in [0.2, 0.25) is 10.0 Å². The fourth-order valence-corrected chi connectivity index (χ4v) is 4.31. The molecule has 1 unspecified atom stereocenters. The van der Waals surface area contributed by atoms with Gasteiger partial charge in [0.05, 0.1) is 10.0 Å². The molecule has 0 spiro atoms. The van der Waals surface area contributed by atoms with Crippen LogP contribution in [0.25, 0.3) is 0 Å². The number of amides is 2. The van der Waals surface area contributed by atoms with Crippen molar-refractivity contribution in [3.05, 3.63) is 105 Å². The summed E-state index contributed by atoms with van der Waals surface area (Å²) in [7, 11) is 0. The van der Waals surface area contributed by atoms with E-state index < -0.39 is 11.6 Å². The lowest BCUT2D eigenvalue weighted by Gasteiger charge is -2.34. The monoisotopic (exact) mass is 524 g/mol. The number of hydrogen-bond donors (Lipinski definition) is 1. The fourth-order valence-electron chi connectivity index (χ4n) is 3.99. The van der Waals surface area contributed by atoms with E-state index >= 15 is 0 Å². The Kier molecular flexibility index (Phi) is 9.58. The Hall–Kier alpha value is -2.82. The van der Waals surface area contributed by atoms with Crippen molar-refractivity contribution >= 4 is 35.0 Å². The number of carbonyl (C=O) groups excluding carboxylic acids is 2. The topological polar surface area (TPSA) is 49.4 Å². The van der Waals surface area contributed by atoms with Crippen molar-refractivity contribution < 1.29 is 9.59 Å². The largest absolute Gasteiger partial charge is 0.350 e. The van der Waals surface area contributed by atoms with Gasteiger partial charge in [-0.2, -0.15) is 0 Å². The first-order chi connectivity index (χ1) is 17.0. The zero-order valence-electron chi connectivity index (χ0n) is 21.4. The van der Waals surface area contributed by atoms with E-state index in [1.54, 1.807) is 17.0 Å². The predicted molar refractivity (Wildman–Crippen MR) is 148 cm³/mol. The van der Waals surface area contributed by atoms with Gasteiger partial charge in [0, 0.05) is 24.9 Å². The van der Waals surface area contributed by atoms with Gasteiger partial charge in [-0.1, -0.05) is 89.4 Å². The Morgan fingerprint density at radius 1 is 0.861 bits per heavy atom. The first-order valence-electron chi connectivity index (χ1n) is 12.2. The molecule has 36 heavy (non-hydrogen) atoms. The molecule has 0 aliphatic carbocycles. The third kappa shape index (κ3) is 8.39. The average molecular weight is 526 g/mol. The van der Waals surface area contributed by atoms with Gasteiger partial charge >= 0.3 is 0 Å². The van der Waals surface area contributed by atoms with Crippen molar-refractivity contribution in [2.75, 3.05) is 0 Å². The molecule has 1 N–H and O–H groups in total. The molecule has 0 aliphatic heterocycles. The Morgan fingerprint density at radius 3 is 2.11 bits per heavy atom. The van der Waals surface area contributed by atoms with Crippen LogP contribution in [0.1, 0.15) is 49.4 Å². The molecule has 1 atom stereocenters. The highest BCUT2D eigenvalue weighted by molar-refractivity contribution is 6.42. The smallest absolute Gasteiger partial charge is 0.243 e. The third-order valence-electron chi connectivity index (χ3n) is 5.85. The van der Waals surface area contributed by atoms with Crippen LogP contribution in [0.4, 0.5) is 0 Å². The van der Waals surface area contributed by atoms with E-state index in [2.05, 4.69) is 5.32 Å². The van der Waals surface area contributed by atoms with Crippen molar-refractivity contribution in [2.24, 2.45) is 0 Å². The number of halogens is 2. The van der Waals surface area contributed by atoms with E-state index in [0.29, 0.717) is 29.3 Å². The summed E-state index contributed by atoms with van der Waals surface area (Å²) in [5, 5.41) is 3.95. The van der Waals surface area contributed by atoms with E-state index in [1.807, 2.05) is 88.4 Å². The van der Waals surface area contributed by atoms with Crippen molar-refractivity contribution in [3.63, 3.8) is 0 Å². The van der Waals surface area contributed by atoms with Gasteiger partial charge in [-0.05, 0) is 62.9 Å². The summed E-state index contributed by atoms with van der Waals surface area (Å²) in [6, 6.07) is 22.6. The van der Waals surface area contributed by atoms with E-state index in [0.717, 1.165) is 16.7 Å². The number of carbonyl (C=O) groups is 2. The van der Waals surface area contributed by atoms with Crippen LogP contribution < -0.4 is 5.32 Å². The van der Waals surface area contributed by atoms with Crippen LogP contribution in [-0.4, -0.2) is 28.3 Å². The molecule has 6 heteroatoms. The first-order valence-corrected chi connectivity index (χ1v) is 12.9. The SMILES string of the molecule is Cc1ccc(CCC(=O)N(Cc2ccc(Cl)c(Cl)c2)C(Cc2ccccc2)C(=O)NC(C)(C)C)cc1. The quantitative estimate of drug-likeness (QED) is 0.335. The van der Waals surface area contributed by atoms with Crippen molar-refractivity contribution in [1.29, 1.82) is 0 Å². The minimum Gasteiger partial charge on any atom is -0.350 e. The number of benzene rings is 3. The second-order valence-corrected chi connectivity index (χ2v) is 11.0. The van der Waals surface area contributed by atoms with Gasteiger partial charge in [-0.25, -0.2) is 0 Å². The Morgan fingerprint density at radius 2 is 1.50 bits per heavy atom. The summed E-state index contributed by atoms with van der Waals surface area (Å²) in [4.78, 5) is 29.0. The predicted octanol–water partition coefficient (Wildman–Crippen LogP) is 6.79. The minimum absolute atomic E-state index is 0.0911. The Bertz CT molecular complexity index is 1170. The van der Waals surface area contributed by atoms with Crippen LogP contribution >= 0.6 is 23.2 Å². The molecule has 0 saturated carbocycles. The maximum atomic E-state index is 13.7. The number of aryl methyl sites for hydroxylation is 2. The highest BCUT2D eigenvalue weighted by atomic mass is 35.5. The van der Waals surface area contributed by atoms with Crippen LogP contribution in [0, 0.1) is 6.92 Å². The van der Waals surface area contributed by atoms with Crippen molar-refractivity contribution in [3.8, 4) is 0 Å². The van der Waals surface area contributed by atoms with Crippen molar-refractivity contribution in [1.82, 2.24) is 10.2 Å². The first kappa shape index (κ1) is 27.8. The zero-order chi connectivity index (χ0) is 26.3. The number of nitrogens with one attached hydrogen (secondary N) is 1. The van der Waals surface area contributed by atoms with E-state index in [9.17, 15) is 9.59 Å². The molecule has 0 aromatic heterocycles. The van der Waals surface area contributed by atoms with E-state index in [-0.39, 0.29) is 18.4 Å². The standard InChI is InChI=1S/C30H34Cl2N2O2/c1-21-10-12-22(13-11-21)15-17-28(35)34(20-24-14-16-25(31)26(32)18-24)27(29(36)33-30(2,3)4)19-23-8-6-5-7-9-23/h5-14,16,18,27H,15,17,19-20H2,1-4H3,(H,33,36). The molecule has 4 nitrogen and oxygen atoms in total. The van der Waals surface area contributed by atoms with E-state index in [1.165, 1.54) is 5.56 Å². The van der Waals surface area contributed by atoms with Gasteiger partial charge < -0.3 is 10.2 Å². The van der Waals surface area contributed by atoms with Gasteiger partial charge in [0.2, 0.25) is 11.8 Å². The number of nitrogens with zero attached hydrogens (tertiary/aromatic N) is 1. The second kappa shape index (κ2) is 12.4. The molecule has 0 heterocycles. The summed E-state index contributed by atoms with van der Waals surface area (Å²) in [5.74, 6) is -0.276. The maximum Gasteiger partial charge on any atom is 0.243 e. The zero-order valence-corrected chi connectivity index (χ0v) is 22.9. The van der Waals surface area contributed by atoms with Gasteiger partial charge in [0.25, 0.3) is 0 Å². The van der Waals surface area contributed by atoms with Crippen LogP contribution in [0.5, 0.6) is 0 Å². The third-order valence-corrected chi connectivity index (χ3v) is 6.59. The van der Waals surface area contributed by atoms with Gasteiger partial charge in [-0.3, -0.25) is 9.59 Å². The van der Waals surface area contributed by atoms with Gasteiger partial charge in [0.15, 0.2) is 0 Å². The lowest BCUT2D eigenvalue weighted by molar-refractivity contribution is -0.141. The molecule has 0 aliphatic rings. The molecule has 0 bridgehead atoms. The Labute approximate surface area is 224 Å². The summed E-state index contributed by atoms with van der Waals surface area (Å²) >= 11 is 12.4. The molecule has 2 amide bonds. The second-order valence-electron chi connectivity index (χ2n) is 10.2. The molecule has 0 saturated heterocycles. The number of rotatable bonds is 9. The van der Waals surface area contributed by atoms with Crippen LogP contribution in [-0.2, 0) is 29.0 Å². The van der Waals surface area contributed by atoms with Crippen molar-refractivity contribution in [2.45, 2.75) is 65.1 Å². The Balaban J connectivity index is 1.94. The molecule has 0 radical (unpaired) electrons. The molecule has 3 aromatic rings. The highest BCUT2D eigenvalue weighted by Gasteiger charge is 2.32. The minimum atomic E-state index is -0.688. The summed E-state index contributed by atoms with van der Waals surface area (Å²) < 4.78 is 0. The maximum absolute atomic E-state index is 13.7. The molecule has 0 fully saturated rings. The normalized spacial score (nSPS) is 12.2. The highest BCUT2D eigenvalue weighted by Crippen LogP contribution is 2.25. The molecule has 3 aromatic carbocycles. The summed E-state index contributed by atoms with van der Waals surface area (Å²) in [6.45, 7) is 8.10. The lowest BCUT2D eigenvalue weighted by Crippen LogP contribution is -2.54. The van der Waals surface area contributed by atoms with Crippen LogP contribution in [0.3, 0.4) is 0 Å². The molecular formula is C30H34Cl2N2O2. The molecule has 3 rings (SSSR count). The van der Waals surface area contributed by atoms with Gasteiger partial charge in [0.1, 0.15) is 6.04 Å². The summed E-state index contributed by atoms with van der Waals surface area (Å²) in [6.07, 6.45) is 1.29. The molecule has 190 valence electrons. The summed E-state index contributed by atoms with van der Waals surface area (Å²) in [5.41, 5.74) is 3.62. The van der Waals surface area contributed by atoms with E-state index in [4.69, 9.17) is 23.2 Å². The van der Waals surface area contributed by atoms with Gasteiger partial charge in [-0.15, -0.1) is 0 Å². The van der Waals surface area contributed by atoms with Crippen LogP contribution in [0.15, 0.2) is 72.8 Å². The lowest BCUT2D eigenvalue weighted by atomic mass is 9.99. The molecular weight excluding hydrogens is 491 g/mol. The fraction of sp³-hybridized carbons (Fsp3) is 0.333. The number of hydrogen-bond acceptors (Lipinski definition) is 2. The average Bonchev–Trinajstić information content (AvgIpc) is 2.82.